The van der Waals surface area contributed by atoms with E-state index in [1.165, 1.54) is 0 Å². The molecule has 0 radical (unpaired) electrons. The quantitative estimate of drug-likeness (QED) is 0.240. The average molecular weight is 518 g/mol. The molecule has 0 saturated heterocycles. The van der Waals surface area contributed by atoms with E-state index in [4.69, 9.17) is 4.74 Å². The number of rotatable bonds is 6. The van der Waals surface area contributed by atoms with E-state index in [-0.39, 0.29) is 5.75 Å². The normalized spacial score (nSPS) is 11.1. The van der Waals surface area contributed by atoms with Gasteiger partial charge >= 0.3 is 0 Å². The first-order chi connectivity index (χ1) is 18.6. The number of aromatic hydroxyl groups is 1. The number of pyridine rings is 2. The lowest BCUT2D eigenvalue weighted by Gasteiger charge is -2.12. The fraction of sp³-hybridized carbons (Fsp3) is 0.0667. The zero-order valence-corrected chi connectivity index (χ0v) is 21.5. The Morgan fingerprint density at radius 3 is 2.47 bits per heavy atom. The third-order valence-corrected chi connectivity index (χ3v) is 7.32. The van der Waals surface area contributed by atoms with Gasteiger partial charge in [0.2, 0.25) is 0 Å². The zero-order valence-electron chi connectivity index (χ0n) is 20.7. The van der Waals surface area contributed by atoms with Crippen molar-refractivity contribution in [2.24, 2.45) is 0 Å². The van der Waals surface area contributed by atoms with Gasteiger partial charge in [0.1, 0.15) is 22.7 Å². The van der Waals surface area contributed by atoms with Crippen molar-refractivity contribution in [2.45, 2.75) is 16.7 Å². The van der Waals surface area contributed by atoms with Gasteiger partial charge in [-0.05, 0) is 48.9 Å². The van der Waals surface area contributed by atoms with Gasteiger partial charge in [-0.3, -0.25) is 4.98 Å². The number of fused-ring (bicyclic) bond motifs is 2. The highest BCUT2D eigenvalue weighted by molar-refractivity contribution is 7.99. The van der Waals surface area contributed by atoms with Crippen LogP contribution in [0.25, 0.3) is 33.1 Å². The van der Waals surface area contributed by atoms with Crippen molar-refractivity contribution in [3.8, 4) is 22.8 Å². The Labute approximate surface area is 223 Å². The van der Waals surface area contributed by atoms with E-state index in [0.717, 1.165) is 54.1 Å². The summed E-state index contributed by atoms with van der Waals surface area (Å²) in [5.41, 5.74) is 4.90. The van der Waals surface area contributed by atoms with E-state index in [2.05, 4.69) is 37.6 Å². The minimum atomic E-state index is 0.240. The molecule has 0 saturated carbocycles. The molecule has 6 aromatic rings. The zero-order chi connectivity index (χ0) is 26.1. The van der Waals surface area contributed by atoms with Gasteiger partial charge in [0.15, 0.2) is 5.82 Å². The van der Waals surface area contributed by atoms with Crippen molar-refractivity contribution in [1.82, 2.24) is 20.2 Å². The van der Waals surface area contributed by atoms with Crippen LogP contribution < -0.4 is 10.1 Å². The molecule has 0 atom stereocenters. The average Bonchev–Trinajstić information content (AvgIpc) is 2.95. The third-order valence-electron chi connectivity index (χ3n) is 6.27. The molecule has 0 bridgehead atoms. The van der Waals surface area contributed by atoms with Crippen molar-refractivity contribution >= 4 is 45.1 Å². The number of aromatic nitrogens is 4. The number of nitrogens with one attached hydrogen (secondary N) is 1. The summed E-state index contributed by atoms with van der Waals surface area (Å²) in [5.74, 6) is 1.59. The van der Waals surface area contributed by atoms with E-state index in [0.29, 0.717) is 11.6 Å². The predicted octanol–water partition coefficient (Wildman–Crippen LogP) is 7.16. The molecule has 0 fully saturated rings. The lowest BCUT2D eigenvalue weighted by Crippen LogP contribution is -1.99. The lowest BCUT2D eigenvalue weighted by molar-refractivity contribution is 0.413. The number of aryl methyl sites for hydroxylation is 1. The van der Waals surface area contributed by atoms with Crippen molar-refractivity contribution in [2.75, 3.05) is 12.4 Å². The molecule has 0 amide bonds. The van der Waals surface area contributed by atoms with E-state index in [1.807, 2.05) is 67.6 Å². The summed E-state index contributed by atoms with van der Waals surface area (Å²) in [6.07, 6.45) is 3.49. The van der Waals surface area contributed by atoms with Gasteiger partial charge in [-0.2, -0.15) is 0 Å². The van der Waals surface area contributed by atoms with Gasteiger partial charge in [0.25, 0.3) is 0 Å². The molecule has 0 unspecified atom stereocenters. The third kappa shape index (κ3) is 4.57. The van der Waals surface area contributed by atoms with E-state index in [1.54, 1.807) is 37.3 Å². The molecule has 3 aromatic heterocycles. The van der Waals surface area contributed by atoms with Gasteiger partial charge in [-0.15, -0.1) is 10.2 Å². The number of ether oxygens (including phenoxy) is 1. The highest BCUT2D eigenvalue weighted by Crippen LogP contribution is 2.35. The molecule has 3 heterocycles. The summed E-state index contributed by atoms with van der Waals surface area (Å²) in [4.78, 5) is 11.1. The number of hydrogen-bond acceptors (Lipinski definition) is 8. The summed E-state index contributed by atoms with van der Waals surface area (Å²) in [6.45, 7) is 1.87. The number of anilines is 2. The van der Waals surface area contributed by atoms with Crippen LogP contribution >= 0.6 is 11.8 Å². The number of nitrogens with zero attached hydrogens (tertiary/aromatic N) is 4. The summed E-state index contributed by atoms with van der Waals surface area (Å²) in [6, 6.07) is 25.6. The van der Waals surface area contributed by atoms with Crippen molar-refractivity contribution in [3.05, 3.63) is 96.8 Å². The van der Waals surface area contributed by atoms with Crippen molar-refractivity contribution in [1.29, 1.82) is 0 Å². The molecule has 0 aliphatic carbocycles. The molecule has 0 spiro atoms. The first-order valence-electron chi connectivity index (χ1n) is 12.0. The Bertz CT molecular complexity index is 1790. The minimum Gasteiger partial charge on any atom is -0.508 e. The number of hydrogen-bond donors (Lipinski definition) is 2. The number of phenolic OH excluding ortho intramolecular Hbond substituents is 1. The Hall–Kier alpha value is -4.69. The van der Waals surface area contributed by atoms with Crippen LogP contribution in [0.4, 0.5) is 11.5 Å². The second kappa shape index (κ2) is 9.99. The summed E-state index contributed by atoms with van der Waals surface area (Å²) < 4.78 is 5.27. The van der Waals surface area contributed by atoms with Crippen LogP contribution in [-0.2, 0) is 0 Å². The first kappa shape index (κ1) is 23.7. The molecular formula is C30H23N5O2S. The van der Waals surface area contributed by atoms with E-state index in [9.17, 15) is 5.11 Å². The topological polar surface area (TPSA) is 93.0 Å². The molecule has 186 valence electrons. The Kier molecular flexibility index (Phi) is 6.23. The Morgan fingerprint density at radius 2 is 1.68 bits per heavy atom. The summed E-state index contributed by atoms with van der Waals surface area (Å²) >= 11 is 1.63. The molecule has 38 heavy (non-hydrogen) atoms. The standard InChI is InChI=1S/C30H23N5O2S/c1-18-7-8-19(15-26(18)36)28-23-5-3-4-6-24(23)30(35-34-28)33-20-9-11-22(12-10-20)38-27-13-14-31-25-16-21(37-2)17-32-29(25)27/h3-17,36H,1-2H3,(H,33,35). The van der Waals surface area contributed by atoms with Crippen LogP contribution in [0.1, 0.15) is 5.56 Å². The smallest absolute Gasteiger partial charge is 0.161 e. The maximum Gasteiger partial charge on any atom is 0.161 e. The van der Waals surface area contributed by atoms with E-state index >= 15 is 0 Å². The number of phenols is 1. The molecule has 8 heteroatoms. The van der Waals surface area contributed by atoms with Crippen molar-refractivity contribution in [3.63, 3.8) is 0 Å². The number of benzene rings is 3. The molecule has 6 rings (SSSR count). The Morgan fingerprint density at radius 1 is 0.868 bits per heavy atom. The van der Waals surface area contributed by atoms with E-state index < -0.39 is 0 Å². The van der Waals surface area contributed by atoms with Crippen molar-refractivity contribution < 1.29 is 9.84 Å². The second-order valence-electron chi connectivity index (χ2n) is 8.75. The summed E-state index contributed by atoms with van der Waals surface area (Å²) in [5, 5.41) is 24.5. The minimum absolute atomic E-state index is 0.240. The van der Waals surface area contributed by atoms with Gasteiger partial charge < -0.3 is 15.2 Å². The first-order valence-corrected chi connectivity index (χ1v) is 12.8. The largest absolute Gasteiger partial charge is 0.508 e. The summed E-state index contributed by atoms with van der Waals surface area (Å²) in [7, 11) is 1.62. The van der Waals surface area contributed by atoms with Crippen LogP contribution in [0.3, 0.4) is 0 Å². The SMILES string of the molecule is COc1cnc2c(Sc3ccc(Nc4nnc(-c5ccc(C)c(O)c5)c5ccccc45)cc3)ccnc2c1. The Balaban J connectivity index is 1.27. The lowest BCUT2D eigenvalue weighted by atomic mass is 10.0. The molecular weight excluding hydrogens is 494 g/mol. The van der Waals surface area contributed by atoms with Crippen LogP contribution in [0.2, 0.25) is 0 Å². The van der Waals surface area contributed by atoms with Crippen LogP contribution in [0.15, 0.2) is 101 Å². The van der Waals surface area contributed by atoms with Gasteiger partial charge in [-0.1, -0.05) is 48.2 Å². The monoisotopic (exact) mass is 517 g/mol. The van der Waals surface area contributed by atoms with Crippen LogP contribution in [-0.4, -0.2) is 32.4 Å². The molecule has 0 aliphatic heterocycles. The van der Waals surface area contributed by atoms with Crippen LogP contribution in [0, 0.1) is 6.92 Å². The van der Waals surface area contributed by atoms with Gasteiger partial charge in [-0.25, -0.2) is 4.98 Å². The molecule has 0 aliphatic rings. The van der Waals surface area contributed by atoms with Gasteiger partial charge in [0.05, 0.1) is 18.8 Å². The second-order valence-corrected chi connectivity index (χ2v) is 9.86. The maximum atomic E-state index is 10.2. The predicted molar refractivity (Wildman–Crippen MR) is 151 cm³/mol. The molecule has 7 nitrogen and oxygen atoms in total. The number of methoxy groups -OCH3 is 1. The highest BCUT2D eigenvalue weighted by Gasteiger charge is 2.13. The maximum absolute atomic E-state index is 10.2. The highest BCUT2D eigenvalue weighted by atomic mass is 32.2. The van der Waals surface area contributed by atoms with Gasteiger partial charge in [0, 0.05) is 44.1 Å². The fourth-order valence-corrected chi connectivity index (χ4v) is 5.13. The molecule has 3 aromatic carbocycles. The van der Waals surface area contributed by atoms with Crippen LogP contribution in [0.5, 0.6) is 11.5 Å². The molecule has 2 N–H and O–H groups in total. The fourth-order valence-electron chi connectivity index (χ4n) is 4.22.